The number of rotatable bonds is 3. The van der Waals surface area contributed by atoms with Crippen molar-refractivity contribution in [1.82, 2.24) is 18.8 Å². The summed E-state index contributed by atoms with van der Waals surface area (Å²) < 4.78 is 8.81. The third-order valence-corrected chi connectivity index (χ3v) is 5.59. The summed E-state index contributed by atoms with van der Waals surface area (Å²) >= 11 is 1.19. The van der Waals surface area contributed by atoms with Gasteiger partial charge in [-0.3, -0.25) is 4.79 Å². The van der Waals surface area contributed by atoms with Crippen LogP contribution in [0.25, 0.3) is 11.0 Å². The van der Waals surface area contributed by atoms with Crippen molar-refractivity contribution >= 4 is 40.0 Å². The summed E-state index contributed by atoms with van der Waals surface area (Å²) in [4.78, 5) is 32.0. The van der Waals surface area contributed by atoms with Crippen molar-refractivity contribution in [2.45, 2.75) is 33.1 Å². The van der Waals surface area contributed by atoms with Crippen LogP contribution in [0.5, 0.6) is 0 Å². The van der Waals surface area contributed by atoms with Crippen LogP contribution in [0.3, 0.4) is 0 Å². The molecule has 1 aromatic carbocycles. The first-order valence-electron chi connectivity index (χ1n) is 9.81. The number of benzene rings is 1. The van der Waals surface area contributed by atoms with Crippen molar-refractivity contribution in [3.05, 3.63) is 24.0 Å². The normalized spacial score (nSPS) is 16.2. The van der Waals surface area contributed by atoms with Crippen molar-refractivity contribution in [1.29, 1.82) is 0 Å². The van der Waals surface area contributed by atoms with Gasteiger partial charge in [0.1, 0.15) is 5.82 Å². The number of hydrogen-bond acceptors (Lipinski definition) is 7. The maximum absolute atomic E-state index is 12.6. The van der Waals surface area contributed by atoms with Gasteiger partial charge >= 0.3 is 6.09 Å². The number of carbonyl (C=O) groups excluding carboxylic acids is 2. The average molecular weight is 420 g/mol. The van der Waals surface area contributed by atoms with Crippen LogP contribution in [0.4, 0.5) is 15.3 Å². The van der Waals surface area contributed by atoms with Gasteiger partial charge in [0.2, 0.25) is 0 Å². The largest absolute Gasteiger partial charge is 0.449 e. The summed E-state index contributed by atoms with van der Waals surface area (Å²) in [6, 6.07) is 5.40. The van der Waals surface area contributed by atoms with E-state index < -0.39 is 6.09 Å². The number of aromatic nitrogens is 2. The van der Waals surface area contributed by atoms with Crippen LogP contribution >= 0.6 is 11.9 Å². The Hall–Kier alpha value is -2.10. The van der Waals surface area contributed by atoms with Gasteiger partial charge in [0.05, 0.1) is 17.6 Å². The van der Waals surface area contributed by atoms with E-state index in [-0.39, 0.29) is 17.3 Å². The maximum Gasteiger partial charge on any atom is 0.419 e. The minimum atomic E-state index is -0.463. The van der Waals surface area contributed by atoms with Crippen LogP contribution < -0.4 is 5.32 Å². The minimum Gasteiger partial charge on any atom is -0.449 e. The van der Waals surface area contributed by atoms with Crippen LogP contribution in [-0.2, 0) is 10.2 Å². The van der Waals surface area contributed by atoms with Crippen LogP contribution in [0.2, 0.25) is 0 Å². The minimum absolute atomic E-state index is 0.146. The Bertz CT molecular complexity index is 897. The molecule has 2 heterocycles. The molecule has 0 atom stereocenters. The van der Waals surface area contributed by atoms with E-state index in [1.807, 2.05) is 26.8 Å². The predicted molar refractivity (Wildman–Crippen MR) is 117 cm³/mol. The first-order chi connectivity index (χ1) is 13.7. The summed E-state index contributed by atoms with van der Waals surface area (Å²) in [6.07, 6.45) is -0.463. The lowest BCUT2D eigenvalue weighted by Gasteiger charge is -2.30. The number of carbonyl (C=O) groups is 2. The highest BCUT2D eigenvalue weighted by Crippen LogP contribution is 2.29. The molecule has 0 bridgehead atoms. The van der Waals surface area contributed by atoms with Gasteiger partial charge < -0.3 is 15.0 Å². The lowest BCUT2D eigenvalue weighted by Crippen LogP contribution is -2.41. The second-order valence-corrected chi connectivity index (χ2v) is 9.23. The van der Waals surface area contributed by atoms with Gasteiger partial charge in [-0.15, -0.1) is 0 Å². The molecule has 0 radical (unpaired) electrons. The highest BCUT2D eigenvalue weighted by Gasteiger charge is 2.27. The Morgan fingerprint density at radius 3 is 2.52 bits per heavy atom. The number of hydrogen-bond donors (Lipinski definition) is 1. The summed E-state index contributed by atoms with van der Waals surface area (Å²) in [5.41, 5.74) is 1.59. The van der Waals surface area contributed by atoms with Crippen LogP contribution in [0.1, 0.15) is 33.5 Å². The number of imidazole rings is 1. The third-order valence-electron chi connectivity index (χ3n) is 4.70. The molecule has 0 saturated carbocycles. The second kappa shape index (κ2) is 8.73. The number of nitrogens with one attached hydrogen (secondary N) is 1. The van der Waals surface area contributed by atoms with Crippen molar-refractivity contribution in [3.63, 3.8) is 0 Å². The molecule has 1 N–H and O–H groups in total. The van der Waals surface area contributed by atoms with E-state index in [1.54, 1.807) is 19.1 Å². The van der Waals surface area contributed by atoms with E-state index in [0.717, 1.165) is 26.2 Å². The summed E-state index contributed by atoms with van der Waals surface area (Å²) in [7, 11) is 2.08. The molecule has 0 unspecified atom stereocenters. The number of ether oxygens (including phenoxy) is 1. The molecule has 1 amide bonds. The molecule has 1 fully saturated rings. The van der Waals surface area contributed by atoms with E-state index in [2.05, 4.69) is 26.6 Å². The highest BCUT2D eigenvalue weighted by atomic mass is 32.2. The Morgan fingerprint density at radius 2 is 1.90 bits per heavy atom. The Morgan fingerprint density at radius 1 is 1.21 bits per heavy atom. The Labute approximate surface area is 175 Å². The molecule has 0 aliphatic carbocycles. The standard InChI is InChI=1S/C20H29N5O3S/c1-6-28-19(27)25-16-13-14(7-8-15(16)22-17(25)20(2,3)4)21-18(26)29-24-11-9-23(5)10-12-24/h7-8,13H,6,9-12H2,1-5H3,(H,21,26). The number of piperazine rings is 1. The lowest BCUT2D eigenvalue weighted by atomic mass is 9.96. The van der Waals surface area contributed by atoms with Gasteiger partial charge in [0.15, 0.2) is 0 Å². The fourth-order valence-corrected chi connectivity index (χ4v) is 3.91. The third kappa shape index (κ3) is 5.09. The fraction of sp³-hybridized carbons (Fsp3) is 0.550. The van der Waals surface area contributed by atoms with Crippen LogP contribution in [0, 0.1) is 0 Å². The predicted octanol–water partition coefficient (Wildman–Crippen LogP) is 3.77. The molecule has 1 saturated heterocycles. The molecule has 8 nitrogen and oxygen atoms in total. The number of anilines is 1. The quantitative estimate of drug-likeness (QED) is 0.759. The summed E-state index contributed by atoms with van der Waals surface area (Å²) in [6.45, 7) is 11.6. The van der Waals surface area contributed by atoms with E-state index in [4.69, 9.17) is 4.74 Å². The molecular weight excluding hydrogens is 390 g/mol. The van der Waals surface area contributed by atoms with Gasteiger partial charge in [-0.1, -0.05) is 20.8 Å². The highest BCUT2D eigenvalue weighted by molar-refractivity contribution is 8.11. The van der Waals surface area contributed by atoms with E-state index in [0.29, 0.717) is 22.5 Å². The summed E-state index contributed by atoms with van der Waals surface area (Å²) in [5, 5.41) is 2.77. The SMILES string of the molecule is CCOC(=O)n1c(C(C)(C)C)nc2ccc(NC(=O)SN3CCN(C)CC3)cc21. The maximum atomic E-state index is 12.6. The van der Waals surface area contributed by atoms with E-state index in [1.165, 1.54) is 16.5 Å². The molecule has 9 heteroatoms. The molecule has 3 rings (SSSR count). The molecule has 158 valence electrons. The zero-order valence-electron chi connectivity index (χ0n) is 17.7. The van der Waals surface area contributed by atoms with Crippen LogP contribution in [-0.4, -0.2) is 69.9 Å². The molecule has 0 spiro atoms. The Balaban J connectivity index is 1.84. The number of likely N-dealkylation sites (N-methyl/N-ethyl adjacent to an activating group) is 1. The monoisotopic (exact) mass is 419 g/mol. The second-order valence-electron chi connectivity index (χ2n) is 8.16. The summed E-state index contributed by atoms with van der Waals surface area (Å²) in [5.74, 6) is 0.626. The first-order valence-corrected chi connectivity index (χ1v) is 10.6. The number of nitrogens with zero attached hydrogens (tertiary/aromatic N) is 4. The molecule has 1 aromatic heterocycles. The van der Waals surface area contributed by atoms with E-state index >= 15 is 0 Å². The molecule has 1 aliphatic heterocycles. The molecule has 1 aliphatic rings. The van der Waals surface area contributed by atoms with Gasteiger partial charge in [-0.2, -0.15) is 0 Å². The number of amides is 1. The topological polar surface area (TPSA) is 79.7 Å². The lowest BCUT2D eigenvalue weighted by molar-refractivity contribution is 0.153. The Kier molecular flexibility index (Phi) is 6.50. The van der Waals surface area contributed by atoms with E-state index in [9.17, 15) is 9.59 Å². The number of fused-ring (bicyclic) bond motifs is 1. The smallest absolute Gasteiger partial charge is 0.419 e. The van der Waals surface area contributed by atoms with Crippen molar-refractivity contribution in [3.8, 4) is 0 Å². The van der Waals surface area contributed by atoms with Gasteiger partial charge in [-0.25, -0.2) is 18.7 Å². The van der Waals surface area contributed by atoms with Gasteiger partial charge in [0.25, 0.3) is 5.24 Å². The molecular formula is C20H29N5O3S. The van der Waals surface area contributed by atoms with Crippen LogP contribution in [0.15, 0.2) is 18.2 Å². The molecule has 29 heavy (non-hydrogen) atoms. The van der Waals surface area contributed by atoms with Crippen molar-refractivity contribution < 1.29 is 14.3 Å². The van der Waals surface area contributed by atoms with Crippen molar-refractivity contribution in [2.75, 3.05) is 45.2 Å². The first kappa shape index (κ1) is 21.6. The zero-order valence-corrected chi connectivity index (χ0v) is 18.5. The van der Waals surface area contributed by atoms with Gasteiger partial charge in [-0.05, 0) is 32.2 Å². The zero-order chi connectivity index (χ0) is 21.2. The fourth-order valence-electron chi connectivity index (χ4n) is 3.17. The average Bonchev–Trinajstić information content (AvgIpc) is 3.03. The van der Waals surface area contributed by atoms with Crippen molar-refractivity contribution in [2.24, 2.45) is 0 Å². The molecule has 2 aromatic rings. The van der Waals surface area contributed by atoms with Gasteiger partial charge in [0, 0.05) is 49.2 Å².